The predicted molar refractivity (Wildman–Crippen MR) is 59.0 cm³/mol. The second-order valence-corrected chi connectivity index (χ2v) is 3.58. The molecule has 0 unspecified atom stereocenters. The largest absolute Gasteiger partial charge is 0.198 e. The Bertz CT molecular complexity index is 292. The SMILES string of the molecule is CCCc1ccc(CCCC#N)cc1. The number of benzene rings is 1. The highest BCUT2D eigenvalue weighted by Crippen LogP contribution is 2.09. The van der Waals surface area contributed by atoms with E-state index < -0.39 is 0 Å². The van der Waals surface area contributed by atoms with Crippen LogP contribution in [0.15, 0.2) is 24.3 Å². The molecule has 0 heterocycles. The summed E-state index contributed by atoms with van der Waals surface area (Å²) in [6, 6.07) is 10.9. The van der Waals surface area contributed by atoms with Crippen LogP contribution in [0.4, 0.5) is 0 Å². The molecule has 0 saturated heterocycles. The Labute approximate surface area is 86.4 Å². The van der Waals surface area contributed by atoms with Crippen LogP contribution < -0.4 is 0 Å². The Hall–Kier alpha value is -1.29. The van der Waals surface area contributed by atoms with Crippen molar-refractivity contribution in [3.63, 3.8) is 0 Å². The van der Waals surface area contributed by atoms with Crippen molar-refractivity contribution in [1.82, 2.24) is 0 Å². The lowest BCUT2D eigenvalue weighted by atomic mass is 10.0. The number of hydrogen-bond acceptors (Lipinski definition) is 1. The van der Waals surface area contributed by atoms with Gasteiger partial charge in [0.15, 0.2) is 0 Å². The topological polar surface area (TPSA) is 23.8 Å². The fourth-order valence-electron chi connectivity index (χ4n) is 1.53. The van der Waals surface area contributed by atoms with Gasteiger partial charge in [-0.1, -0.05) is 37.6 Å². The van der Waals surface area contributed by atoms with Gasteiger partial charge in [0, 0.05) is 6.42 Å². The first-order valence-electron chi connectivity index (χ1n) is 5.31. The fraction of sp³-hybridized carbons (Fsp3) is 0.462. The summed E-state index contributed by atoms with van der Waals surface area (Å²) in [5.41, 5.74) is 2.76. The maximum Gasteiger partial charge on any atom is 0.0621 e. The van der Waals surface area contributed by atoms with E-state index in [-0.39, 0.29) is 0 Å². The zero-order valence-electron chi connectivity index (χ0n) is 8.79. The maximum absolute atomic E-state index is 8.41. The Morgan fingerprint density at radius 2 is 1.64 bits per heavy atom. The summed E-state index contributed by atoms with van der Waals surface area (Å²) < 4.78 is 0. The van der Waals surface area contributed by atoms with E-state index in [0.717, 1.165) is 12.8 Å². The summed E-state index contributed by atoms with van der Waals surface area (Å²) in [7, 11) is 0. The van der Waals surface area contributed by atoms with Gasteiger partial charge in [-0.2, -0.15) is 5.26 Å². The van der Waals surface area contributed by atoms with Gasteiger partial charge >= 0.3 is 0 Å². The summed E-state index contributed by atoms with van der Waals surface area (Å²) in [5.74, 6) is 0. The first-order chi connectivity index (χ1) is 6.86. The summed E-state index contributed by atoms with van der Waals surface area (Å²) in [6.07, 6.45) is 5.03. The highest BCUT2D eigenvalue weighted by atomic mass is 14.2. The van der Waals surface area contributed by atoms with Crippen molar-refractivity contribution in [3.05, 3.63) is 35.4 Å². The van der Waals surface area contributed by atoms with Gasteiger partial charge in [0.1, 0.15) is 0 Å². The molecule has 0 amide bonds. The van der Waals surface area contributed by atoms with E-state index in [4.69, 9.17) is 5.26 Å². The molecule has 74 valence electrons. The van der Waals surface area contributed by atoms with Crippen LogP contribution in [0, 0.1) is 11.3 Å². The highest BCUT2D eigenvalue weighted by Gasteiger charge is 1.94. The molecule has 0 saturated carbocycles. The molecule has 0 N–H and O–H groups in total. The van der Waals surface area contributed by atoms with Crippen LogP contribution in [0.1, 0.15) is 37.3 Å². The lowest BCUT2D eigenvalue weighted by molar-refractivity contribution is 0.848. The van der Waals surface area contributed by atoms with Gasteiger partial charge in [-0.3, -0.25) is 0 Å². The molecule has 1 aromatic carbocycles. The summed E-state index contributed by atoms with van der Waals surface area (Å²) >= 11 is 0. The fourth-order valence-corrected chi connectivity index (χ4v) is 1.53. The summed E-state index contributed by atoms with van der Waals surface area (Å²) in [6.45, 7) is 2.20. The van der Waals surface area contributed by atoms with Crippen molar-refractivity contribution in [3.8, 4) is 6.07 Å². The van der Waals surface area contributed by atoms with E-state index >= 15 is 0 Å². The third kappa shape index (κ3) is 3.62. The molecule has 0 bridgehead atoms. The maximum atomic E-state index is 8.41. The molecule has 0 radical (unpaired) electrons. The van der Waals surface area contributed by atoms with Crippen molar-refractivity contribution in [2.24, 2.45) is 0 Å². The Balaban J connectivity index is 2.43. The quantitative estimate of drug-likeness (QED) is 0.647. The van der Waals surface area contributed by atoms with Crippen molar-refractivity contribution >= 4 is 0 Å². The molecular formula is C13H17N. The van der Waals surface area contributed by atoms with Gasteiger partial charge in [-0.25, -0.2) is 0 Å². The van der Waals surface area contributed by atoms with E-state index in [9.17, 15) is 0 Å². The smallest absolute Gasteiger partial charge is 0.0621 e. The Kier molecular flexibility index (Phi) is 4.78. The Morgan fingerprint density at radius 1 is 1.07 bits per heavy atom. The van der Waals surface area contributed by atoms with Gasteiger partial charge in [0.25, 0.3) is 0 Å². The van der Waals surface area contributed by atoms with Gasteiger partial charge in [-0.15, -0.1) is 0 Å². The molecule has 1 heteroatoms. The average molecular weight is 187 g/mol. The normalized spacial score (nSPS) is 9.71. The Morgan fingerprint density at radius 3 is 2.14 bits per heavy atom. The molecule has 0 fully saturated rings. The van der Waals surface area contributed by atoms with Crippen LogP contribution in [0.2, 0.25) is 0 Å². The molecule has 0 aliphatic heterocycles. The van der Waals surface area contributed by atoms with Gasteiger partial charge in [0.05, 0.1) is 6.07 Å². The molecule has 0 aliphatic carbocycles. The van der Waals surface area contributed by atoms with Crippen LogP contribution >= 0.6 is 0 Å². The molecular weight excluding hydrogens is 170 g/mol. The number of nitrogens with zero attached hydrogens (tertiary/aromatic N) is 1. The van der Waals surface area contributed by atoms with Crippen molar-refractivity contribution in [2.45, 2.75) is 39.0 Å². The number of rotatable bonds is 5. The third-order valence-electron chi connectivity index (χ3n) is 2.32. The lowest BCUT2D eigenvalue weighted by Crippen LogP contribution is -1.87. The zero-order chi connectivity index (χ0) is 10.2. The van der Waals surface area contributed by atoms with Crippen molar-refractivity contribution in [1.29, 1.82) is 5.26 Å². The lowest BCUT2D eigenvalue weighted by Gasteiger charge is -2.01. The van der Waals surface area contributed by atoms with Crippen LogP contribution in [-0.2, 0) is 12.8 Å². The van der Waals surface area contributed by atoms with Crippen LogP contribution in [0.5, 0.6) is 0 Å². The van der Waals surface area contributed by atoms with Gasteiger partial charge < -0.3 is 0 Å². The zero-order valence-corrected chi connectivity index (χ0v) is 8.79. The van der Waals surface area contributed by atoms with Crippen LogP contribution in [-0.4, -0.2) is 0 Å². The third-order valence-corrected chi connectivity index (χ3v) is 2.32. The molecule has 0 aliphatic rings. The second-order valence-electron chi connectivity index (χ2n) is 3.58. The monoisotopic (exact) mass is 187 g/mol. The van der Waals surface area contributed by atoms with Crippen LogP contribution in [0.25, 0.3) is 0 Å². The van der Waals surface area contributed by atoms with E-state index in [1.54, 1.807) is 0 Å². The average Bonchev–Trinajstić information content (AvgIpc) is 2.21. The number of unbranched alkanes of at least 4 members (excludes halogenated alkanes) is 1. The molecule has 0 atom stereocenters. The number of hydrogen-bond donors (Lipinski definition) is 0. The van der Waals surface area contributed by atoms with Crippen molar-refractivity contribution < 1.29 is 0 Å². The minimum absolute atomic E-state index is 0.663. The molecule has 1 nitrogen and oxygen atoms in total. The summed E-state index contributed by atoms with van der Waals surface area (Å²) in [5, 5.41) is 8.41. The highest BCUT2D eigenvalue weighted by molar-refractivity contribution is 5.22. The van der Waals surface area contributed by atoms with Gasteiger partial charge in [-0.05, 0) is 30.4 Å². The van der Waals surface area contributed by atoms with E-state index in [1.807, 2.05) is 0 Å². The van der Waals surface area contributed by atoms with Gasteiger partial charge in [0.2, 0.25) is 0 Å². The first-order valence-corrected chi connectivity index (χ1v) is 5.31. The van der Waals surface area contributed by atoms with Crippen LogP contribution in [0.3, 0.4) is 0 Å². The predicted octanol–water partition coefficient (Wildman–Crippen LogP) is 3.49. The second kappa shape index (κ2) is 6.21. The number of nitriles is 1. The summed E-state index contributed by atoms with van der Waals surface area (Å²) in [4.78, 5) is 0. The van der Waals surface area contributed by atoms with E-state index in [2.05, 4.69) is 37.3 Å². The molecule has 14 heavy (non-hydrogen) atoms. The minimum Gasteiger partial charge on any atom is -0.198 e. The number of aryl methyl sites for hydroxylation is 2. The molecule has 0 spiro atoms. The first kappa shape index (κ1) is 10.8. The molecule has 0 aromatic heterocycles. The van der Waals surface area contributed by atoms with Crippen molar-refractivity contribution in [2.75, 3.05) is 0 Å². The molecule has 1 rings (SSSR count). The van der Waals surface area contributed by atoms with E-state index in [0.29, 0.717) is 6.42 Å². The van der Waals surface area contributed by atoms with E-state index in [1.165, 1.54) is 24.0 Å². The molecule has 1 aromatic rings. The standard InChI is InChI=1S/C13H17N/c1-2-5-12-7-9-13(10-8-12)6-3-4-11-14/h7-10H,2-6H2,1H3. The minimum atomic E-state index is 0.663.